The highest BCUT2D eigenvalue weighted by Crippen LogP contribution is 2.36. The number of hydrogen-bond acceptors (Lipinski definition) is 5. The molecular weight excluding hydrogens is 280 g/mol. The molecule has 1 aliphatic heterocycles. The van der Waals surface area contributed by atoms with Gasteiger partial charge in [0.1, 0.15) is 5.69 Å². The fraction of sp³-hybridized carbons (Fsp3) is 0.706. The van der Waals surface area contributed by atoms with Gasteiger partial charge in [0.15, 0.2) is 11.5 Å². The minimum Gasteiger partial charge on any atom is -0.493 e. The number of pyridine rings is 1. The average molecular weight is 308 g/mol. The molecule has 0 radical (unpaired) electrons. The minimum absolute atomic E-state index is 0.0408. The summed E-state index contributed by atoms with van der Waals surface area (Å²) in [4.78, 5) is 6.84. The minimum atomic E-state index is 0.0408. The molecule has 0 amide bonds. The van der Waals surface area contributed by atoms with E-state index in [0.29, 0.717) is 11.5 Å². The predicted octanol–water partition coefficient (Wildman–Crippen LogP) is 2.47. The van der Waals surface area contributed by atoms with Crippen molar-refractivity contribution < 1.29 is 14.6 Å². The topological polar surface area (TPSA) is 54.8 Å². The van der Waals surface area contributed by atoms with Gasteiger partial charge in [0, 0.05) is 37.4 Å². The first-order valence-corrected chi connectivity index (χ1v) is 8.07. The molecule has 1 aliphatic rings. The van der Waals surface area contributed by atoms with Crippen molar-refractivity contribution in [1.29, 1.82) is 0 Å². The molecular formula is C17H28N2O3. The molecule has 5 heteroatoms. The Morgan fingerprint density at radius 2 is 2.18 bits per heavy atom. The Morgan fingerprint density at radius 3 is 2.82 bits per heavy atom. The molecule has 0 aromatic carbocycles. The highest BCUT2D eigenvalue weighted by atomic mass is 16.5. The molecule has 2 heterocycles. The van der Waals surface area contributed by atoms with Crippen LogP contribution in [0.2, 0.25) is 0 Å². The van der Waals surface area contributed by atoms with Gasteiger partial charge in [-0.1, -0.05) is 13.3 Å². The van der Waals surface area contributed by atoms with Crippen molar-refractivity contribution in [2.45, 2.75) is 39.2 Å². The number of methoxy groups -OCH3 is 2. The van der Waals surface area contributed by atoms with E-state index in [1.54, 1.807) is 20.4 Å². The molecule has 22 heavy (non-hydrogen) atoms. The van der Waals surface area contributed by atoms with Gasteiger partial charge in [0.25, 0.3) is 0 Å². The molecule has 1 saturated heterocycles. The Morgan fingerprint density at radius 1 is 1.36 bits per heavy atom. The summed E-state index contributed by atoms with van der Waals surface area (Å²) < 4.78 is 10.8. The number of aliphatic hydroxyl groups excluding tert-OH is 1. The van der Waals surface area contributed by atoms with Crippen molar-refractivity contribution in [2.24, 2.45) is 5.41 Å². The normalized spacial score (nSPS) is 22.5. The number of nitrogens with zero attached hydrogens (tertiary/aromatic N) is 2. The third-order valence-corrected chi connectivity index (χ3v) is 4.60. The lowest BCUT2D eigenvalue weighted by atomic mass is 9.77. The van der Waals surface area contributed by atoms with E-state index in [4.69, 9.17) is 9.47 Å². The number of piperidine rings is 1. The van der Waals surface area contributed by atoms with Crippen LogP contribution < -0.4 is 9.47 Å². The number of rotatable bonds is 7. The summed E-state index contributed by atoms with van der Waals surface area (Å²) in [5, 5.41) is 9.85. The van der Waals surface area contributed by atoms with Gasteiger partial charge in [0.2, 0.25) is 0 Å². The maximum absolute atomic E-state index is 9.85. The molecule has 124 valence electrons. The largest absolute Gasteiger partial charge is 0.493 e. The lowest BCUT2D eigenvalue weighted by Gasteiger charge is -2.42. The van der Waals surface area contributed by atoms with E-state index in [0.717, 1.165) is 51.0 Å². The van der Waals surface area contributed by atoms with Gasteiger partial charge < -0.3 is 14.6 Å². The Hall–Kier alpha value is -1.33. The monoisotopic (exact) mass is 308 g/mol. The van der Waals surface area contributed by atoms with E-state index >= 15 is 0 Å². The van der Waals surface area contributed by atoms with Crippen LogP contribution >= 0.6 is 0 Å². The van der Waals surface area contributed by atoms with Gasteiger partial charge in [0.05, 0.1) is 14.2 Å². The highest BCUT2D eigenvalue weighted by Gasteiger charge is 2.34. The summed E-state index contributed by atoms with van der Waals surface area (Å²) in [6.07, 6.45) is 6.16. The lowest BCUT2D eigenvalue weighted by Crippen LogP contribution is -2.45. The summed E-state index contributed by atoms with van der Waals surface area (Å²) in [5.74, 6) is 1.42. The maximum Gasteiger partial charge on any atom is 0.183 e. The Balaban J connectivity index is 2.13. The Kier molecular flexibility index (Phi) is 6.03. The molecule has 0 saturated carbocycles. The standard InChI is InChI=1S/C17H28N2O3/c1-4-7-17(13-20)8-5-10-19(12-17)11-14-16(22-3)15(21-2)6-9-18-14/h6,9,20H,4-5,7-8,10-13H2,1-3H3/t17-/m1/s1. The zero-order valence-corrected chi connectivity index (χ0v) is 14.0. The highest BCUT2D eigenvalue weighted by molar-refractivity contribution is 5.42. The van der Waals surface area contributed by atoms with E-state index in [2.05, 4.69) is 16.8 Å². The van der Waals surface area contributed by atoms with Gasteiger partial charge in [-0.05, 0) is 25.8 Å². The first-order chi connectivity index (χ1) is 10.7. The van der Waals surface area contributed by atoms with E-state index in [-0.39, 0.29) is 12.0 Å². The third-order valence-electron chi connectivity index (χ3n) is 4.60. The van der Waals surface area contributed by atoms with Crippen LogP contribution in [0.4, 0.5) is 0 Å². The van der Waals surface area contributed by atoms with Crippen molar-refractivity contribution in [3.05, 3.63) is 18.0 Å². The number of aliphatic hydroxyl groups is 1. The molecule has 0 spiro atoms. The van der Waals surface area contributed by atoms with Crippen molar-refractivity contribution in [2.75, 3.05) is 33.9 Å². The number of hydrogen-bond donors (Lipinski definition) is 1. The van der Waals surface area contributed by atoms with Gasteiger partial charge in [-0.2, -0.15) is 0 Å². The predicted molar refractivity (Wildman–Crippen MR) is 86.3 cm³/mol. The summed E-state index contributed by atoms with van der Waals surface area (Å²) in [5.41, 5.74) is 0.936. The van der Waals surface area contributed by atoms with Crippen LogP contribution in [-0.4, -0.2) is 48.9 Å². The number of aromatic nitrogens is 1. The van der Waals surface area contributed by atoms with E-state index in [1.165, 1.54) is 0 Å². The van der Waals surface area contributed by atoms with Gasteiger partial charge in [-0.25, -0.2) is 0 Å². The van der Waals surface area contributed by atoms with Gasteiger partial charge in [-0.15, -0.1) is 0 Å². The molecule has 1 aromatic heterocycles. The van der Waals surface area contributed by atoms with Crippen LogP contribution in [0.15, 0.2) is 12.3 Å². The lowest BCUT2D eigenvalue weighted by molar-refractivity contribution is 0.0208. The van der Waals surface area contributed by atoms with Crippen LogP contribution in [0, 0.1) is 5.41 Å². The van der Waals surface area contributed by atoms with Crippen LogP contribution in [0.5, 0.6) is 11.5 Å². The fourth-order valence-corrected chi connectivity index (χ4v) is 3.56. The molecule has 0 aliphatic carbocycles. The van der Waals surface area contributed by atoms with Crippen molar-refractivity contribution in [3.63, 3.8) is 0 Å². The number of likely N-dealkylation sites (tertiary alicyclic amines) is 1. The van der Waals surface area contributed by atoms with Crippen LogP contribution in [0.3, 0.4) is 0 Å². The summed E-state index contributed by atoms with van der Waals surface area (Å²) >= 11 is 0. The summed E-state index contributed by atoms with van der Waals surface area (Å²) in [7, 11) is 3.29. The first-order valence-electron chi connectivity index (χ1n) is 8.07. The van der Waals surface area contributed by atoms with Crippen LogP contribution in [0.25, 0.3) is 0 Å². The number of ether oxygens (including phenoxy) is 2. The van der Waals surface area contributed by atoms with Crippen LogP contribution in [-0.2, 0) is 6.54 Å². The maximum atomic E-state index is 9.85. The molecule has 2 rings (SSSR count). The zero-order chi connectivity index (χ0) is 16.0. The molecule has 1 fully saturated rings. The quantitative estimate of drug-likeness (QED) is 0.838. The van der Waals surface area contributed by atoms with Gasteiger partial charge >= 0.3 is 0 Å². The zero-order valence-electron chi connectivity index (χ0n) is 14.0. The van der Waals surface area contributed by atoms with Crippen molar-refractivity contribution >= 4 is 0 Å². The van der Waals surface area contributed by atoms with Gasteiger partial charge in [-0.3, -0.25) is 9.88 Å². The SMILES string of the molecule is CCC[C@@]1(CO)CCCN(Cc2nccc(OC)c2OC)C1. The summed E-state index contributed by atoms with van der Waals surface area (Å²) in [6.45, 7) is 5.13. The van der Waals surface area contributed by atoms with Crippen LogP contribution in [0.1, 0.15) is 38.3 Å². The Bertz CT molecular complexity index is 477. The van der Waals surface area contributed by atoms with E-state index < -0.39 is 0 Å². The second-order valence-corrected chi connectivity index (χ2v) is 6.22. The molecule has 0 bridgehead atoms. The third kappa shape index (κ3) is 3.70. The Labute approximate surface area is 133 Å². The van der Waals surface area contributed by atoms with Crippen molar-refractivity contribution in [3.8, 4) is 11.5 Å². The molecule has 0 unspecified atom stereocenters. The smallest absolute Gasteiger partial charge is 0.183 e. The molecule has 5 nitrogen and oxygen atoms in total. The van der Waals surface area contributed by atoms with E-state index in [1.807, 2.05) is 6.07 Å². The molecule has 1 aromatic rings. The fourth-order valence-electron chi connectivity index (χ4n) is 3.56. The first kappa shape index (κ1) is 17.0. The second kappa shape index (κ2) is 7.79. The average Bonchev–Trinajstić information content (AvgIpc) is 2.55. The van der Waals surface area contributed by atoms with E-state index in [9.17, 15) is 5.11 Å². The molecule has 1 atom stereocenters. The second-order valence-electron chi connectivity index (χ2n) is 6.22. The van der Waals surface area contributed by atoms with Crippen molar-refractivity contribution in [1.82, 2.24) is 9.88 Å². The summed E-state index contributed by atoms with van der Waals surface area (Å²) in [6, 6.07) is 1.81. The molecule has 1 N–H and O–H groups in total.